The van der Waals surface area contributed by atoms with Gasteiger partial charge in [0.15, 0.2) is 0 Å². The molecule has 188 valence electrons. The van der Waals surface area contributed by atoms with Gasteiger partial charge in [0.2, 0.25) is 0 Å². The number of aromatic amines is 1. The molecule has 1 N–H and O–H groups in total. The minimum absolute atomic E-state index is 0.0655. The minimum Gasteiger partial charge on any atom is -0.497 e. The number of amides is 1. The zero-order chi connectivity index (χ0) is 25.4. The number of H-pyrrole nitrogens is 1. The molecular weight excluding hydrogens is 456 g/mol. The van der Waals surface area contributed by atoms with Crippen LogP contribution < -0.4 is 9.47 Å². The Bertz CT molecular complexity index is 1350. The maximum atomic E-state index is 13.7. The number of esters is 1. The van der Waals surface area contributed by atoms with Crippen LogP contribution in [0.1, 0.15) is 51.1 Å². The molecule has 1 amide bonds. The van der Waals surface area contributed by atoms with Crippen molar-refractivity contribution in [3.8, 4) is 22.8 Å². The molecule has 2 heterocycles. The molecule has 0 saturated carbocycles. The van der Waals surface area contributed by atoms with E-state index in [2.05, 4.69) is 11.1 Å². The van der Waals surface area contributed by atoms with E-state index in [0.29, 0.717) is 11.5 Å². The van der Waals surface area contributed by atoms with Crippen molar-refractivity contribution in [2.24, 2.45) is 0 Å². The van der Waals surface area contributed by atoms with E-state index in [1.807, 2.05) is 50.2 Å². The summed E-state index contributed by atoms with van der Waals surface area (Å²) in [6.07, 6.45) is 3.32. The molecule has 0 bridgehead atoms. The van der Waals surface area contributed by atoms with Crippen molar-refractivity contribution in [1.82, 2.24) is 9.88 Å². The van der Waals surface area contributed by atoms with Gasteiger partial charge >= 0.3 is 5.97 Å². The first-order valence-corrected chi connectivity index (χ1v) is 12.5. The van der Waals surface area contributed by atoms with E-state index in [1.54, 1.807) is 19.1 Å². The SMILES string of the molecule is COc1ccc(OC)c(-c2[nH]c3ccccc3c2[C@@H]2C3=C(CCCC3)C(=O)N2CC(=O)OC(C)C)c1. The van der Waals surface area contributed by atoms with Crippen molar-refractivity contribution in [3.05, 3.63) is 59.2 Å². The minimum atomic E-state index is -0.399. The molecule has 0 fully saturated rings. The van der Waals surface area contributed by atoms with E-state index in [-0.39, 0.29) is 24.6 Å². The number of benzene rings is 2. The molecule has 5 rings (SSSR count). The van der Waals surface area contributed by atoms with E-state index in [9.17, 15) is 9.59 Å². The van der Waals surface area contributed by atoms with Crippen molar-refractivity contribution in [2.75, 3.05) is 20.8 Å². The Morgan fingerprint density at radius 1 is 1.08 bits per heavy atom. The molecule has 0 spiro atoms. The van der Waals surface area contributed by atoms with E-state index < -0.39 is 5.97 Å². The molecule has 1 atom stereocenters. The fourth-order valence-electron chi connectivity index (χ4n) is 5.56. The molecular formula is C29H32N2O5. The first-order valence-electron chi connectivity index (χ1n) is 12.5. The van der Waals surface area contributed by atoms with Crippen LogP contribution in [0.2, 0.25) is 0 Å². The van der Waals surface area contributed by atoms with Gasteiger partial charge in [0.25, 0.3) is 5.91 Å². The second-order valence-electron chi connectivity index (χ2n) is 9.61. The summed E-state index contributed by atoms with van der Waals surface area (Å²) in [5.41, 5.74) is 5.56. The number of para-hydroxylation sites is 1. The van der Waals surface area contributed by atoms with Crippen LogP contribution in [0.15, 0.2) is 53.6 Å². The van der Waals surface area contributed by atoms with Gasteiger partial charge in [0, 0.05) is 27.6 Å². The third-order valence-electron chi connectivity index (χ3n) is 7.03. The van der Waals surface area contributed by atoms with Crippen LogP contribution in [0.4, 0.5) is 0 Å². The number of hydrogen-bond donors (Lipinski definition) is 1. The summed E-state index contributed by atoms with van der Waals surface area (Å²) < 4.78 is 16.7. The largest absolute Gasteiger partial charge is 0.497 e. The standard InChI is InChI=1S/C29H32N2O5/c1-17(2)36-25(32)16-31-28(19-9-5-6-10-20(19)29(31)33)26-21-11-7-8-12-23(21)30-27(26)22-15-18(34-3)13-14-24(22)35-4/h7-8,11-15,17,28,30H,5-6,9-10,16H2,1-4H3/t28-/m0/s1. The van der Waals surface area contributed by atoms with Crippen molar-refractivity contribution in [3.63, 3.8) is 0 Å². The van der Waals surface area contributed by atoms with Crippen molar-refractivity contribution in [1.29, 1.82) is 0 Å². The number of fused-ring (bicyclic) bond motifs is 1. The van der Waals surface area contributed by atoms with Gasteiger partial charge in [-0.05, 0) is 69.4 Å². The van der Waals surface area contributed by atoms with Crippen LogP contribution in [0, 0.1) is 0 Å². The quantitative estimate of drug-likeness (QED) is 0.441. The highest BCUT2D eigenvalue weighted by Crippen LogP contribution is 2.50. The monoisotopic (exact) mass is 488 g/mol. The summed E-state index contributed by atoms with van der Waals surface area (Å²) in [5.74, 6) is 0.928. The number of rotatable bonds is 7. The average molecular weight is 489 g/mol. The lowest BCUT2D eigenvalue weighted by atomic mass is 9.86. The van der Waals surface area contributed by atoms with Crippen LogP contribution in [-0.2, 0) is 14.3 Å². The summed E-state index contributed by atoms with van der Waals surface area (Å²) in [6, 6.07) is 13.4. The number of methoxy groups -OCH3 is 2. The smallest absolute Gasteiger partial charge is 0.325 e. The number of nitrogens with one attached hydrogen (secondary N) is 1. The fraction of sp³-hybridized carbons (Fsp3) is 0.379. The van der Waals surface area contributed by atoms with Crippen molar-refractivity contribution in [2.45, 2.75) is 51.7 Å². The summed E-state index contributed by atoms with van der Waals surface area (Å²) in [5, 5.41) is 1.01. The predicted molar refractivity (Wildman–Crippen MR) is 138 cm³/mol. The van der Waals surface area contributed by atoms with Gasteiger partial charge in [0.05, 0.1) is 32.1 Å². The second kappa shape index (κ2) is 9.72. The Morgan fingerprint density at radius 2 is 1.86 bits per heavy atom. The van der Waals surface area contributed by atoms with Crippen LogP contribution >= 0.6 is 0 Å². The molecule has 3 aromatic rings. The number of ether oxygens (including phenoxy) is 3. The molecule has 1 aliphatic heterocycles. The lowest BCUT2D eigenvalue weighted by molar-refractivity contribution is -0.152. The average Bonchev–Trinajstić information content (AvgIpc) is 3.38. The second-order valence-corrected chi connectivity index (χ2v) is 9.61. The van der Waals surface area contributed by atoms with E-state index in [4.69, 9.17) is 14.2 Å². The van der Waals surface area contributed by atoms with Gasteiger partial charge in [-0.2, -0.15) is 0 Å². The zero-order valence-electron chi connectivity index (χ0n) is 21.2. The van der Waals surface area contributed by atoms with Crippen LogP contribution in [-0.4, -0.2) is 48.6 Å². The lowest BCUT2D eigenvalue weighted by Crippen LogP contribution is -2.36. The summed E-state index contributed by atoms with van der Waals surface area (Å²) in [7, 11) is 3.28. The number of aromatic nitrogens is 1. The summed E-state index contributed by atoms with van der Waals surface area (Å²) in [4.78, 5) is 31.8. The maximum Gasteiger partial charge on any atom is 0.325 e. The van der Waals surface area contributed by atoms with Crippen LogP contribution in [0.5, 0.6) is 11.5 Å². The van der Waals surface area contributed by atoms with Gasteiger partial charge in [-0.3, -0.25) is 9.59 Å². The molecule has 1 aliphatic carbocycles. The van der Waals surface area contributed by atoms with E-state index >= 15 is 0 Å². The van der Waals surface area contributed by atoms with E-state index in [0.717, 1.165) is 64.6 Å². The number of carbonyl (C=O) groups is 2. The first kappa shape index (κ1) is 24.0. The Kier molecular flexibility index (Phi) is 6.48. The van der Waals surface area contributed by atoms with Crippen LogP contribution in [0.3, 0.4) is 0 Å². The number of hydrogen-bond acceptors (Lipinski definition) is 5. The topological polar surface area (TPSA) is 80.9 Å². The van der Waals surface area contributed by atoms with Gasteiger partial charge in [-0.1, -0.05) is 18.2 Å². The highest BCUT2D eigenvalue weighted by atomic mass is 16.5. The molecule has 7 nitrogen and oxygen atoms in total. The lowest BCUT2D eigenvalue weighted by Gasteiger charge is -2.28. The first-order chi connectivity index (χ1) is 17.4. The molecule has 36 heavy (non-hydrogen) atoms. The predicted octanol–water partition coefficient (Wildman–Crippen LogP) is 5.56. The van der Waals surface area contributed by atoms with Gasteiger partial charge < -0.3 is 24.1 Å². The van der Waals surface area contributed by atoms with Gasteiger partial charge in [0.1, 0.15) is 18.0 Å². The molecule has 0 radical (unpaired) electrons. The van der Waals surface area contributed by atoms with Crippen molar-refractivity contribution < 1.29 is 23.8 Å². The van der Waals surface area contributed by atoms with Crippen molar-refractivity contribution >= 4 is 22.8 Å². The Hall–Kier alpha value is -3.74. The molecule has 7 heteroatoms. The highest BCUT2D eigenvalue weighted by Gasteiger charge is 2.43. The van der Waals surface area contributed by atoms with Crippen LogP contribution in [0.25, 0.3) is 22.2 Å². The Morgan fingerprint density at radius 3 is 2.61 bits per heavy atom. The maximum absolute atomic E-state index is 13.7. The van der Waals surface area contributed by atoms with Gasteiger partial charge in [-0.25, -0.2) is 0 Å². The normalized spacial score (nSPS) is 17.6. The zero-order valence-corrected chi connectivity index (χ0v) is 21.2. The number of nitrogens with zero attached hydrogens (tertiary/aromatic N) is 1. The third kappa shape index (κ3) is 4.12. The third-order valence-corrected chi connectivity index (χ3v) is 7.03. The fourth-order valence-corrected chi connectivity index (χ4v) is 5.56. The highest BCUT2D eigenvalue weighted by molar-refractivity contribution is 6.02. The summed E-state index contributed by atoms with van der Waals surface area (Å²) in [6.45, 7) is 3.54. The molecule has 0 saturated heterocycles. The molecule has 2 aliphatic rings. The molecule has 1 aromatic heterocycles. The Balaban J connectivity index is 1.74. The summed E-state index contributed by atoms with van der Waals surface area (Å²) >= 11 is 0. The number of carbonyl (C=O) groups excluding carboxylic acids is 2. The molecule has 0 unspecified atom stereocenters. The molecule has 2 aromatic carbocycles. The van der Waals surface area contributed by atoms with Gasteiger partial charge in [-0.15, -0.1) is 0 Å². The van der Waals surface area contributed by atoms with E-state index in [1.165, 1.54) is 0 Å². The Labute approximate surface area is 211 Å².